The molecule has 108 valence electrons. The summed E-state index contributed by atoms with van der Waals surface area (Å²) in [6, 6.07) is 0.772. The molecule has 1 N–H and O–H groups in total. The van der Waals surface area contributed by atoms with E-state index in [2.05, 4.69) is 33.1 Å². The Morgan fingerprint density at radius 2 is 1.72 bits per heavy atom. The van der Waals surface area contributed by atoms with Crippen molar-refractivity contribution in [2.24, 2.45) is 17.8 Å². The topological polar surface area (TPSA) is 12.0 Å². The van der Waals surface area contributed by atoms with Gasteiger partial charge >= 0.3 is 0 Å². The normalized spacial score (nSPS) is 28.0. The molecule has 0 aromatic rings. The minimum absolute atomic E-state index is 0.772. The summed E-state index contributed by atoms with van der Waals surface area (Å²) < 4.78 is 0. The Kier molecular flexibility index (Phi) is 7.97. The highest BCUT2D eigenvalue weighted by molar-refractivity contribution is 4.82. The molecule has 1 heteroatoms. The van der Waals surface area contributed by atoms with Crippen LogP contribution in [0.15, 0.2) is 0 Å². The summed E-state index contributed by atoms with van der Waals surface area (Å²) in [6.07, 6.45) is 12.8. The average Bonchev–Trinajstić information content (AvgIpc) is 2.38. The summed E-state index contributed by atoms with van der Waals surface area (Å²) >= 11 is 0. The summed E-state index contributed by atoms with van der Waals surface area (Å²) in [7, 11) is 2.17. The van der Waals surface area contributed by atoms with Crippen molar-refractivity contribution >= 4 is 0 Å². The van der Waals surface area contributed by atoms with E-state index in [4.69, 9.17) is 0 Å². The van der Waals surface area contributed by atoms with E-state index in [0.717, 1.165) is 23.8 Å². The number of hydrogen-bond acceptors (Lipinski definition) is 1. The van der Waals surface area contributed by atoms with E-state index in [9.17, 15) is 0 Å². The van der Waals surface area contributed by atoms with Crippen molar-refractivity contribution in [1.29, 1.82) is 0 Å². The fraction of sp³-hybridized carbons (Fsp3) is 1.00. The van der Waals surface area contributed by atoms with Crippen LogP contribution in [-0.4, -0.2) is 13.1 Å². The van der Waals surface area contributed by atoms with Gasteiger partial charge in [0, 0.05) is 6.04 Å². The fourth-order valence-electron chi connectivity index (χ4n) is 3.88. The highest BCUT2D eigenvalue weighted by Gasteiger charge is 2.27. The van der Waals surface area contributed by atoms with Crippen molar-refractivity contribution in [3.8, 4) is 0 Å². The van der Waals surface area contributed by atoms with Crippen LogP contribution in [0.4, 0.5) is 0 Å². The van der Waals surface area contributed by atoms with Gasteiger partial charge < -0.3 is 5.32 Å². The van der Waals surface area contributed by atoms with Crippen LogP contribution in [0.1, 0.15) is 78.6 Å². The molecule has 0 heterocycles. The summed E-state index contributed by atoms with van der Waals surface area (Å²) in [5.41, 5.74) is 0. The van der Waals surface area contributed by atoms with Gasteiger partial charge in [-0.05, 0) is 44.1 Å². The van der Waals surface area contributed by atoms with Gasteiger partial charge in [0.1, 0.15) is 0 Å². The molecule has 0 aromatic heterocycles. The third kappa shape index (κ3) is 5.30. The molecule has 0 amide bonds. The predicted octanol–water partition coefficient (Wildman–Crippen LogP) is 5.01. The highest BCUT2D eigenvalue weighted by Crippen LogP contribution is 2.34. The summed E-state index contributed by atoms with van der Waals surface area (Å²) in [5.74, 6) is 2.88. The first-order valence-electron chi connectivity index (χ1n) is 8.38. The largest absolute Gasteiger partial charge is 0.317 e. The van der Waals surface area contributed by atoms with Crippen LogP contribution >= 0.6 is 0 Å². The van der Waals surface area contributed by atoms with E-state index in [1.807, 2.05) is 0 Å². The first kappa shape index (κ1) is 16.0. The van der Waals surface area contributed by atoms with Crippen molar-refractivity contribution in [2.75, 3.05) is 7.05 Å². The van der Waals surface area contributed by atoms with E-state index >= 15 is 0 Å². The van der Waals surface area contributed by atoms with Crippen molar-refractivity contribution in [1.82, 2.24) is 5.32 Å². The van der Waals surface area contributed by atoms with Crippen molar-refractivity contribution in [3.05, 3.63) is 0 Å². The van der Waals surface area contributed by atoms with Gasteiger partial charge in [-0.15, -0.1) is 0 Å². The van der Waals surface area contributed by atoms with Gasteiger partial charge in [0.25, 0.3) is 0 Å². The lowest BCUT2D eigenvalue weighted by atomic mass is 9.75. The summed E-state index contributed by atoms with van der Waals surface area (Å²) in [4.78, 5) is 0. The van der Waals surface area contributed by atoms with Crippen LogP contribution in [0.2, 0.25) is 0 Å². The first-order chi connectivity index (χ1) is 8.71. The quantitative estimate of drug-likeness (QED) is 0.641. The SMILES string of the molecule is CCCC(C)CC(NC)C1CCC(CCC)CC1. The van der Waals surface area contributed by atoms with Crippen LogP contribution in [0, 0.1) is 17.8 Å². The first-order valence-corrected chi connectivity index (χ1v) is 8.38. The van der Waals surface area contributed by atoms with Crippen LogP contribution in [0.25, 0.3) is 0 Å². The van der Waals surface area contributed by atoms with E-state index in [1.165, 1.54) is 57.8 Å². The molecule has 0 saturated heterocycles. The molecule has 18 heavy (non-hydrogen) atoms. The molecule has 0 aromatic carbocycles. The maximum absolute atomic E-state index is 3.61. The second-order valence-corrected chi connectivity index (χ2v) is 6.59. The fourth-order valence-corrected chi connectivity index (χ4v) is 3.88. The van der Waals surface area contributed by atoms with Gasteiger partial charge in [-0.3, -0.25) is 0 Å². The Morgan fingerprint density at radius 1 is 1.06 bits per heavy atom. The standard InChI is InChI=1S/C17H35N/c1-5-7-14(3)13-17(18-4)16-11-9-15(8-6-2)10-12-16/h14-18H,5-13H2,1-4H3. The molecule has 0 bridgehead atoms. The number of hydrogen-bond donors (Lipinski definition) is 1. The van der Waals surface area contributed by atoms with E-state index in [0.29, 0.717) is 0 Å². The molecule has 2 atom stereocenters. The second-order valence-electron chi connectivity index (χ2n) is 6.59. The van der Waals surface area contributed by atoms with Gasteiger partial charge in [0.15, 0.2) is 0 Å². The average molecular weight is 253 g/mol. The van der Waals surface area contributed by atoms with Gasteiger partial charge in [-0.25, -0.2) is 0 Å². The predicted molar refractivity (Wildman–Crippen MR) is 81.9 cm³/mol. The third-order valence-electron chi connectivity index (χ3n) is 4.97. The summed E-state index contributed by atoms with van der Waals surface area (Å²) in [5, 5.41) is 3.61. The lowest BCUT2D eigenvalue weighted by Crippen LogP contribution is -2.37. The minimum Gasteiger partial charge on any atom is -0.317 e. The van der Waals surface area contributed by atoms with Crippen LogP contribution in [-0.2, 0) is 0 Å². The summed E-state index contributed by atoms with van der Waals surface area (Å²) in [6.45, 7) is 7.06. The number of nitrogens with one attached hydrogen (secondary N) is 1. The maximum Gasteiger partial charge on any atom is 0.00948 e. The molecule has 0 spiro atoms. The molecular weight excluding hydrogens is 218 g/mol. The maximum atomic E-state index is 3.61. The highest BCUT2D eigenvalue weighted by atomic mass is 14.9. The molecule has 1 fully saturated rings. The van der Waals surface area contributed by atoms with Gasteiger partial charge in [-0.2, -0.15) is 0 Å². The van der Waals surface area contributed by atoms with Crippen LogP contribution in [0.5, 0.6) is 0 Å². The van der Waals surface area contributed by atoms with Crippen LogP contribution in [0.3, 0.4) is 0 Å². The van der Waals surface area contributed by atoms with Gasteiger partial charge in [0.2, 0.25) is 0 Å². The third-order valence-corrected chi connectivity index (χ3v) is 4.97. The molecule has 1 nitrogen and oxygen atoms in total. The Hall–Kier alpha value is -0.0400. The second kappa shape index (κ2) is 8.96. The minimum atomic E-state index is 0.772. The molecule has 1 rings (SSSR count). The smallest absolute Gasteiger partial charge is 0.00948 e. The van der Waals surface area contributed by atoms with Gasteiger partial charge in [-0.1, -0.05) is 59.3 Å². The Bertz CT molecular complexity index is 194. The molecule has 0 radical (unpaired) electrons. The zero-order chi connectivity index (χ0) is 13.4. The zero-order valence-electron chi connectivity index (χ0n) is 13.2. The van der Waals surface area contributed by atoms with E-state index in [-0.39, 0.29) is 0 Å². The Balaban J connectivity index is 2.33. The van der Waals surface area contributed by atoms with Crippen molar-refractivity contribution in [2.45, 2.75) is 84.6 Å². The Labute approximate surface area is 115 Å². The van der Waals surface area contributed by atoms with Crippen LogP contribution < -0.4 is 5.32 Å². The van der Waals surface area contributed by atoms with E-state index in [1.54, 1.807) is 0 Å². The molecule has 1 saturated carbocycles. The lowest BCUT2D eigenvalue weighted by molar-refractivity contribution is 0.199. The Morgan fingerprint density at radius 3 is 2.22 bits per heavy atom. The molecular formula is C17H35N. The van der Waals surface area contributed by atoms with Crippen molar-refractivity contribution < 1.29 is 0 Å². The molecule has 2 unspecified atom stereocenters. The van der Waals surface area contributed by atoms with Gasteiger partial charge in [0.05, 0.1) is 0 Å². The molecule has 1 aliphatic carbocycles. The molecule has 1 aliphatic rings. The zero-order valence-corrected chi connectivity index (χ0v) is 13.2. The van der Waals surface area contributed by atoms with Crippen molar-refractivity contribution in [3.63, 3.8) is 0 Å². The lowest BCUT2D eigenvalue weighted by Gasteiger charge is -2.35. The monoisotopic (exact) mass is 253 g/mol. The number of rotatable bonds is 8. The van der Waals surface area contributed by atoms with E-state index < -0.39 is 0 Å². The molecule has 0 aliphatic heterocycles.